The number of esters is 1. The molecule has 26 heavy (non-hydrogen) atoms. The second-order valence-electron chi connectivity index (χ2n) is 6.80. The highest BCUT2D eigenvalue weighted by molar-refractivity contribution is 7.99. The zero-order chi connectivity index (χ0) is 17.9. The lowest BCUT2D eigenvalue weighted by atomic mass is 10.1. The summed E-state index contributed by atoms with van der Waals surface area (Å²) in [5.74, 6) is -0.284. The first kappa shape index (κ1) is 17.4. The van der Waals surface area contributed by atoms with Crippen LogP contribution in [0.1, 0.15) is 29.6 Å². The van der Waals surface area contributed by atoms with Crippen LogP contribution in [-0.4, -0.2) is 44.2 Å². The molecule has 2 aliphatic rings. The predicted molar refractivity (Wildman–Crippen MR) is 106 cm³/mol. The molecule has 0 aromatic heterocycles. The van der Waals surface area contributed by atoms with Gasteiger partial charge < -0.3 is 14.5 Å². The van der Waals surface area contributed by atoms with Gasteiger partial charge in [0.15, 0.2) is 0 Å². The summed E-state index contributed by atoms with van der Waals surface area (Å²) < 4.78 is 4.88. The van der Waals surface area contributed by atoms with Crippen molar-refractivity contribution >= 4 is 29.1 Å². The minimum Gasteiger partial charge on any atom is -0.465 e. The molecule has 1 fully saturated rings. The van der Waals surface area contributed by atoms with E-state index in [0.717, 1.165) is 24.4 Å². The average Bonchev–Trinajstić information content (AvgIpc) is 3.19. The van der Waals surface area contributed by atoms with E-state index in [1.165, 1.54) is 49.3 Å². The second-order valence-corrected chi connectivity index (χ2v) is 7.88. The van der Waals surface area contributed by atoms with E-state index in [4.69, 9.17) is 4.74 Å². The molecule has 0 saturated carbocycles. The van der Waals surface area contributed by atoms with Gasteiger partial charge in [-0.1, -0.05) is 23.9 Å². The normalized spacial score (nSPS) is 16.3. The number of ether oxygens (including phenoxy) is 1. The third-order valence-corrected chi connectivity index (χ3v) is 6.21. The van der Waals surface area contributed by atoms with E-state index >= 15 is 0 Å². The van der Waals surface area contributed by atoms with Gasteiger partial charge in [0.2, 0.25) is 0 Å². The lowest BCUT2D eigenvalue weighted by molar-refractivity contribution is 0.0600. The van der Waals surface area contributed by atoms with Crippen LogP contribution in [0.15, 0.2) is 52.3 Å². The fourth-order valence-corrected chi connectivity index (χ4v) is 4.91. The maximum Gasteiger partial charge on any atom is 0.337 e. The number of nitrogens with zero attached hydrogens (tertiary/aromatic N) is 2. The Labute approximate surface area is 159 Å². The van der Waals surface area contributed by atoms with E-state index in [9.17, 15) is 4.79 Å². The molecule has 5 heteroatoms. The van der Waals surface area contributed by atoms with Crippen LogP contribution < -0.4 is 4.90 Å². The number of rotatable bonds is 5. The molecule has 0 spiro atoms. The van der Waals surface area contributed by atoms with Gasteiger partial charge in [-0.25, -0.2) is 4.79 Å². The standard InChI is InChI=1S/C21H24N2O2S/c1-25-21(24)16-9-10-18-20(15-16)26-19-8-3-2-7-17(19)23(18)14-6-13-22-11-4-5-12-22/h2-3,7-10,15H,4-6,11-14H2,1H3. The van der Waals surface area contributed by atoms with Gasteiger partial charge in [0, 0.05) is 16.3 Å². The van der Waals surface area contributed by atoms with E-state index in [-0.39, 0.29) is 5.97 Å². The first-order valence-corrected chi connectivity index (χ1v) is 10.1. The molecule has 0 aliphatic carbocycles. The molecule has 0 N–H and O–H groups in total. The predicted octanol–water partition coefficient (Wildman–Crippen LogP) is 4.56. The molecule has 136 valence electrons. The van der Waals surface area contributed by atoms with Crippen molar-refractivity contribution in [3.8, 4) is 0 Å². The Balaban J connectivity index is 1.59. The topological polar surface area (TPSA) is 32.8 Å². The molecule has 2 aromatic rings. The van der Waals surface area contributed by atoms with Crippen molar-refractivity contribution in [3.63, 3.8) is 0 Å². The molecule has 4 nitrogen and oxygen atoms in total. The van der Waals surface area contributed by atoms with Crippen LogP contribution in [0.25, 0.3) is 0 Å². The van der Waals surface area contributed by atoms with E-state index < -0.39 is 0 Å². The smallest absolute Gasteiger partial charge is 0.337 e. The van der Waals surface area contributed by atoms with Crippen molar-refractivity contribution in [1.29, 1.82) is 0 Å². The average molecular weight is 369 g/mol. The van der Waals surface area contributed by atoms with Gasteiger partial charge in [0.25, 0.3) is 0 Å². The number of benzene rings is 2. The number of hydrogen-bond acceptors (Lipinski definition) is 5. The molecule has 0 bridgehead atoms. The SMILES string of the molecule is COC(=O)c1ccc2c(c1)Sc1ccccc1N2CCCN1CCCC1. The zero-order valence-electron chi connectivity index (χ0n) is 15.1. The summed E-state index contributed by atoms with van der Waals surface area (Å²) in [6, 6.07) is 14.4. The summed E-state index contributed by atoms with van der Waals surface area (Å²) in [4.78, 5) is 19.2. The van der Waals surface area contributed by atoms with Crippen molar-refractivity contribution in [3.05, 3.63) is 48.0 Å². The third-order valence-electron chi connectivity index (χ3n) is 5.10. The molecule has 0 amide bonds. The Kier molecular flexibility index (Phi) is 5.18. The highest BCUT2D eigenvalue weighted by atomic mass is 32.2. The summed E-state index contributed by atoms with van der Waals surface area (Å²) >= 11 is 1.73. The van der Waals surface area contributed by atoms with E-state index in [1.807, 2.05) is 12.1 Å². The maximum absolute atomic E-state index is 11.9. The quantitative estimate of drug-likeness (QED) is 0.723. The lowest BCUT2D eigenvalue weighted by Gasteiger charge is -2.33. The number of carbonyl (C=O) groups excluding carboxylic acids is 1. The molecule has 4 rings (SSSR count). The first-order chi connectivity index (χ1) is 12.8. The largest absolute Gasteiger partial charge is 0.465 e. The molecule has 2 heterocycles. The molecular weight excluding hydrogens is 344 g/mol. The minimum atomic E-state index is -0.284. The number of anilines is 2. The van der Waals surface area contributed by atoms with Crippen LogP contribution in [0.2, 0.25) is 0 Å². The fourth-order valence-electron chi connectivity index (χ4n) is 3.78. The summed E-state index contributed by atoms with van der Waals surface area (Å²) in [6.07, 6.45) is 3.81. The minimum absolute atomic E-state index is 0.284. The third kappa shape index (κ3) is 3.46. The van der Waals surface area contributed by atoms with Crippen molar-refractivity contribution in [2.75, 3.05) is 38.2 Å². The van der Waals surface area contributed by atoms with Gasteiger partial charge in [0.05, 0.1) is 24.0 Å². The number of hydrogen-bond donors (Lipinski definition) is 0. The van der Waals surface area contributed by atoms with Crippen molar-refractivity contribution in [1.82, 2.24) is 4.90 Å². The molecule has 0 radical (unpaired) electrons. The molecule has 2 aliphatic heterocycles. The Bertz CT molecular complexity index is 802. The van der Waals surface area contributed by atoms with Crippen molar-refractivity contribution in [2.24, 2.45) is 0 Å². The highest BCUT2D eigenvalue weighted by Crippen LogP contribution is 2.48. The van der Waals surface area contributed by atoms with Gasteiger partial charge in [-0.05, 0) is 69.2 Å². The fraction of sp³-hybridized carbons (Fsp3) is 0.381. The summed E-state index contributed by atoms with van der Waals surface area (Å²) in [7, 11) is 1.43. The van der Waals surface area contributed by atoms with Gasteiger partial charge >= 0.3 is 5.97 Å². The number of para-hydroxylation sites is 1. The monoisotopic (exact) mass is 368 g/mol. The summed E-state index contributed by atoms with van der Waals surface area (Å²) in [5, 5.41) is 0. The van der Waals surface area contributed by atoms with Crippen LogP contribution in [0.5, 0.6) is 0 Å². The van der Waals surface area contributed by atoms with Crippen LogP contribution in [0.3, 0.4) is 0 Å². The molecule has 1 saturated heterocycles. The Hall–Kier alpha value is -1.98. The van der Waals surface area contributed by atoms with Crippen LogP contribution >= 0.6 is 11.8 Å². The van der Waals surface area contributed by atoms with Crippen molar-refractivity contribution in [2.45, 2.75) is 29.1 Å². The van der Waals surface area contributed by atoms with Crippen LogP contribution in [0.4, 0.5) is 11.4 Å². The molecule has 0 atom stereocenters. The van der Waals surface area contributed by atoms with Gasteiger partial charge in [-0.15, -0.1) is 0 Å². The Morgan fingerprint density at radius 3 is 2.62 bits per heavy atom. The Morgan fingerprint density at radius 1 is 1.04 bits per heavy atom. The van der Waals surface area contributed by atoms with Gasteiger partial charge in [-0.2, -0.15) is 0 Å². The molecular formula is C21H24N2O2S. The summed E-state index contributed by atoms with van der Waals surface area (Å²) in [6.45, 7) is 4.62. The molecule has 2 aromatic carbocycles. The van der Waals surface area contributed by atoms with Crippen LogP contribution in [-0.2, 0) is 4.74 Å². The highest BCUT2D eigenvalue weighted by Gasteiger charge is 2.24. The van der Waals surface area contributed by atoms with E-state index in [2.05, 4.69) is 40.1 Å². The van der Waals surface area contributed by atoms with E-state index in [1.54, 1.807) is 11.8 Å². The lowest BCUT2D eigenvalue weighted by Crippen LogP contribution is -2.27. The number of fused-ring (bicyclic) bond motifs is 2. The van der Waals surface area contributed by atoms with E-state index in [0.29, 0.717) is 5.56 Å². The first-order valence-electron chi connectivity index (χ1n) is 9.25. The maximum atomic E-state index is 11.9. The van der Waals surface area contributed by atoms with Gasteiger partial charge in [-0.3, -0.25) is 0 Å². The summed E-state index contributed by atoms with van der Waals surface area (Å²) in [5.41, 5.74) is 3.05. The molecule has 0 unspecified atom stereocenters. The Morgan fingerprint density at radius 2 is 1.81 bits per heavy atom. The number of carbonyl (C=O) groups is 1. The number of likely N-dealkylation sites (tertiary alicyclic amines) is 1. The van der Waals surface area contributed by atoms with Crippen molar-refractivity contribution < 1.29 is 9.53 Å². The zero-order valence-corrected chi connectivity index (χ0v) is 15.9. The van der Waals surface area contributed by atoms with Crippen LogP contribution in [0, 0.1) is 0 Å². The second kappa shape index (κ2) is 7.72. The van der Waals surface area contributed by atoms with Gasteiger partial charge in [0.1, 0.15) is 0 Å². The number of methoxy groups -OCH3 is 1.